The maximum absolute atomic E-state index is 12.5. The monoisotopic (exact) mass is 285 g/mol. The third kappa shape index (κ3) is 4.23. The van der Waals surface area contributed by atoms with E-state index in [0.29, 0.717) is 18.5 Å². The van der Waals surface area contributed by atoms with Crippen LogP contribution in [0.5, 0.6) is 0 Å². The van der Waals surface area contributed by atoms with Gasteiger partial charge in [-0.05, 0) is 43.4 Å². The van der Waals surface area contributed by atoms with E-state index in [1.54, 1.807) is 12.1 Å². The Kier molecular flexibility index (Phi) is 5.08. The third-order valence-electron chi connectivity index (χ3n) is 4.27. The first-order valence-corrected chi connectivity index (χ1v) is 7.36. The van der Waals surface area contributed by atoms with Gasteiger partial charge in [0.15, 0.2) is 0 Å². The molecule has 1 nitrogen and oxygen atoms in total. The summed E-state index contributed by atoms with van der Waals surface area (Å²) in [5.74, 6) is 0.707. The van der Waals surface area contributed by atoms with E-state index in [4.69, 9.17) is 0 Å². The number of benzene rings is 1. The van der Waals surface area contributed by atoms with Gasteiger partial charge in [0.05, 0.1) is 5.56 Å². The Morgan fingerprint density at radius 2 is 1.70 bits per heavy atom. The van der Waals surface area contributed by atoms with Crippen LogP contribution in [-0.4, -0.2) is 6.04 Å². The molecular weight excluding hydrogens is 263 g/mol. The number of hydrogen-bond donors (Lipinski definition) is 1. The molecule has 0 aliphatic heterocycles. The van der Waals surface area contributed by atoms with E-state index in [0.717, 1.165) is 17.7 Å². The molecule has 1 unspecified atom stereocenters. The SMILES string of the molecule is CC(NCc1ccc(C(F)(F)F)cc1)C1CCCCC1. The van der Waals surface area contributed by atoms with Crippen molar-refractivity contribution in [3.05, 3.63) is 35.4 Å². The Balaban J connectivity index is 1.84. The molecule has 1 fully saturated rings. The Hall–Kier alpha value is -1.03. The third-order valence-corrected chi connectivity index (χ3v) is 4.27. The first kappa shape index (κ1) is 15.4. The minimum atomic E-state index is -4.25. The molecule has 0 heterocycles. The zero-order valence-corrected chi connectivity index (χ0v) is 11.8. The molecular formula is C16H22F3N. The summed E-state index contributed by atoms with van der Waals surface area (Å²) < 4.78 is 37.4. The fourth-order valence-corrected chi connectivity index (χ4v) is 2.89. The lowest BCUT2D eigenvalue weighted by atomic mass is 9.84. The smallest absolute Gasteiger partial charge is 0.310 e. The van der Waals surface area contributed by atoms with Crippen LogP contribution in [0.25, 0.3) is 0 Å². The molecule has 0 radical (unpaired) electrons. The lowest BCUT2D eigenvalue weighted by molar-refractivity contribution is -0.137. The lowest BCUT2D eigenvalue weighted by Crippen LogP contribution is -2.34. The van der Waals surface area contributed by atoms with Gasteiger partial charge in [-0.2, -0.15) is 13.2 Å². The molecule has 1 aromatic rings. The molecule has 1 saturated carbocycles. The number of halogens is 3. The van der Waals surface area contributed by atoms with Gasteiger partial charge in [0, 0.05) is 12.6 Å². The van der Waals surface area contributed by atoms with Crippen LogP contribution in [0.2, 0.25) is 0 Å². The Bertz CT molecular complexity index is 405. The van der Waals surface area contributed by atoms with E-state index in [9.17, 15) is 13.2 Å². The molecule has 1 aromatic carbocycles. The van der Waals surface area contributed by atoms with Crippen LogP contribution in [0.3, 0.4) is 0 Å². The summed E-state index contributed by atoms with van der Waals surface area (Å²) in [7, 11) is 0. The topological polar surface area (TPSA) is 12.0 Å². The molecule has 1 aliphatic carbocycles. The van der Waals surface area contributed by atoms with Gasteiger partial charge in [0.2, 0.25) is 0 Å². The Morgan fingerprint density at radius 3 is 2.25 bits per heavy atom. The molecule has 0 bridgehead atoms. The van der Waals surface area contributed by atoms with Crippen LogP contribution in [0.1, 0.15) is 50.2 Å². The Morgan fingerprint density at radius 1 is 1.10 bits per heavy atom. The summed E-state index contributed by atoms with van der Waals surface area (Å²) in [6.07, 6.45) is 2.22. The summed E-state index contributed by atoms with van der Waals surface area (Å²) in [6.45, 7) is 2.82. The molecule has 0 amide bonds. The molecule has 2 rings (SSSR count). The molecule has 20 heavy (non-hydrogen) atoms. The average Bonchev–Trinajstić information content (AvgIpc) is 2.45. The number of nitrogens with one attached hydrogen (secondary N) is 1. The second kappa shape index (κ2) is 6.61. The van der Waals surface area contributed by atoms with Crippen molar-refractivity contribution in [2.24, 2.45) is 5.92 Å². The lowest BCUT2D eigenvalue weighted by Gasteiger charge is -2.28. The molecule has 4 heteroatoms. The van der Waals surface area contributed by atoms with E-state index in [2.05, 4.69) is 12.2 Å². The van der Waals surface area contributed by atoms with Gasteiger partial charge >= 0.3 is 6.18 Å². The maximum Gasteiger partial charge on any atom is 0.416 e. The summed E-state index contributed by atoms with van der Waals surface area (Å²) in [6, 6.07) is 5.86. The minimum absolute atomic E-state index is 0.428. The van der Waals surface area contributed by atoms with Crippen molar-refractivity contribution in [1.29, 1.82) is 0 Å². The van der Waals surface area contributed by atoms with Crippen LogP contribution >= 0.6 is 0 Å². The van der Waals surface area contributed by atoms with Crippen molar-refractivity contribution in [1.82, 2.24) is 5.32 Å². The summed E-state index contributed by atoms with van der Waals surface area (Å²) in [5, 5.41) is 3.45. The van der Waals surface area contributed by atoms with Crippen molar-refractivity contribution >= 4 is 0 Å². The van der Waals surface area contributed by atoms with E-state index < -0.39 is 11.7 Å². The van der Waals surface area contributed by atoms with Gasteiger partial charge in [0.25, 0.3) is 0 Å². The van der Waals surface area contributed by atoms with Crippen LogP contribution in [-0.2, 0) is 12.7 Å². The van der Waals surface area contributed by atoms with Crippen LogP contribution in [0.15, 0.2) is 24.3 Å². The number of rotatable bonds is 4. The van der Waals surface area contributed by atoms with Gasteiger partial charge in [0.1, 0.15) is 0 Å². The zero-order valence-electron chi connectivity index (χ0n) is 11.8. The highest BCUT2D eigenvalue weighted by atomic mass is 19.4. The average molecular weight is 285 g/mol. The summed E-state index contributed by atoms with van der Waals surface area (Å²) in [5.41, 5.74) is 0.322. The van der Waals surface area contributed by atoms with Gasteiger partial charge in [-0.25, -0.2) is 0 Å². The highest BCUT2D eigenvalue weighted by Crippen LogP contribution is 2.29. The van der Waals surface area contributed by atoms with Crippen molar-refractivity contribution in [2.75, 3.05) is 0 Å². The van der Waals surface area contributed by atoms with Crippen molar-refractivity contribution < 1.29 is 13.2 Å². The second-order valence-corrected chi connectivity index (χ2v) is 5.76. The van der Waals surface area contributed by atoms with E-state index >= 15 is 0 Å². The predicted octanol–water partition coefficient (Wildman–Crippen LogP) is 4.76. The summed E-state index contributed by atoms with van der Waals surface area (Å²) >= 11 is 0. The van der Waals surface area contributed by atoms with E-state index in [1.165, 1.54) is 32.1 Å². The van der Waals surface area contributed by atoms with E-state index in [1.807, 2.05) is 0 Å². The van der Waals surface area contributed by atoms with Crippen LogP contribution < -0.4 is 5.32 Å². The van der Waals surface area contributed by atoms with Gasteiger partial charge < -0.3 is 5.32 Å². The highest BCUT2D eigenvalue weighted by molar-refractivity contribution is 5.24. The first-order valence-electron chi connectivity index (χ1n) is 7.36. The van der Waals surface area contributed by atoms with Gasteiger partial charge in [-0.1, -0.05) is 31.4 Å². The summed E-state index contributed by atoms with van der Waals surface area (Å²) in [4.78, 5) is 0. The highest BCUT2D eigenvalue weighted by Gasteiger charge is 2.29. The van der Waals surface area contributed by atoms with Crippen molar-refractivity contribution in [3.8, 4) is 0 Å². The zero-order chi connectivity index (χ0) is 14.6. The number of alkyl halides is 3. The predicted molar refractivity (Wildman–Crippen MR) is 74.3 cm³/mol. The van der Waals surface area contributed by atoms with Crippen LogP contribution in [0, 0.1) is 5.92 Å². The second-order valence-electron chi connectivity index (χ2n) is 5.76. The standard InChI is InChI=1S/C16H22F3N/c1-12(14-5-3-2-4-6-14)20-11-13-7-9-15(10-8-13)16(17,18)19/h7-10,12,14,20H,2-6,11H2,1H3. The molecule has 0 aromatic heterocycles. The molecule has 0 saturated heterocycles. The fraction of sp³-hybridized carbons (Fsp3) is 0.625. The van der Waals surface area contributed by atoms with Crippen LogP contribution in [0.4, 0.5) is 13.2 Å². The van der Waals surface area contributed by atoms with Gasteiger partial charge in [-0.15, -0.1) is 0 Å². The number of hydrogen-bond acceptors (Lipinski definition) is 1. The normalized spacial score (nSPS) is 19.0. The molecule has 1 aliphatic rings. The van der Waals surface area contributed by atoms with Gasteiger partial charge in [-0.3, -0.25) is 0 Å². The van der Waals surface area contributed by atoms with Crippen molar-refractivity contribution in [3.63, 3.8) is 0 Å². The van der Waals surface area contributed by atoms with E-state index in [-0.39, 0.29) is 0 Å². The Labute approximate surface area is 118 Å². The fourth-order valence-electron chi connectivity index (χ4n) is 2.89. The minimum Gasteiger partial charge on any atom is -0.310 e. The van der Waals surface area contributed by atoms with Crippen molar-refractivity contribution in [2.45, 2.75) is 57.8 Å². The first-order chi connectivity index (χ1) is 9.47. The quantitative estimate of drug-likeness (QED) is 0.840. The molecule has 0 spiro atoms. The molecule has 112 valence electrons. The maximum atomic E-state index is 12.5. The largest absolute Gasteiger partial charge is 0.416 e. The molecule has 1 atom stereocenters. The molecule has 1 N–H and O–H groups in total.